The predicted octanol–water partition coefficient (Wildman–Crippen LogP) is 1.28. The summed E-state index contributed by atoms with van der Waals surface area (Å²) in [6.07, 6.45) is 0. The molecule has 0 aliphatic carbocycles. The van der Waals surface area contributed by atoms with Gasteiger partial charge in [0, 0.05) is 0 Å². The molecule has 0 aromatic heterocycles. The molecule has 0 bridgehead atoms. The number of benzene rings is 1. The molecule has 0 heterocycles. The molecule has 98 valence electrons. The fraction of sp³-hybridized carbons (Fsp3) is 0.333. The zero-order chi connectivity index (χ0) is 13.9. The lowest BCUT2D eigenvalue weighted by Crippen LogP contribution is -2.27. The standard InChI is InChI=1S/C12H14O5S/c1-8(13)9(2)18(16,17)7-10-5-3-4-6-11(10)12(14)15/h3-6,9H,7H2,1-2H3,(H,14,15). The molecule has 1 N–H and O–H groups in total. The summed E-state index contributed by atoms with van der Waals surface area (Å²) in [6, 6.07) is 5.86. The molecule has 0 spiro atoms. The van der Waals surface area contributed by atoms with Gasteiger partial charge in [-0.05, 0) is 25.5 Å². The van der Waals surface area contributed by atoms with Crippen LogP contribution in [0.5, 0.6) is 0 Å². The minimum absolute atomic E-state index is 0.0585. The number of carbonyl (C=O) groups excluding carboxylic acids is 1. The second-order valence-electron chi connectivity index (χ2n) is 4.02. The summed E-state index contributed by atoms with van der Waals surface area (Å²) in [5, 5.41) is 7.82. The minimum Gasteiger partial charge on any atom is -0.478 e. The molecule has 1 aromatic carbocycles. The van der Waals surface area contributed by atoms with E-state index in [0.717, 1.165) is 0 Å². The maximum atomic E-state index is 11.9. The summed E-state index contributed by atoms with van der Waals surface area (Å²) >= 11 is 0. The fourth-order valence-electron chi connectivity index (χ4n) is 1.45. The maximum absolute atomic E-state index is 11.9. The van der Waals surface area contributed by atoms with Crippen LogP contribution in [-0.2, 0) is 20.4 Å². The van der Waals surface area contributed by atoms with E-state index in [1.54, 1.807) is 6.07 Å². The van der Waals surface area contributed by atoms with Gasteiger partial charge in [0.25, 0.3) is 0 Å². The second-order valence-corrected chi connectivity index (χ2v) is 6.34. The van der Waals surface area contributed by atoms with Gasteiger partial charge in [0.1, 0.15) is 11.0 Å². The lowest BCUT2D eigenvalue weighted by molar-refractivity contribution is -0.116. The third kappa shape index (κ3) is 3.16. The molecule has 18 heavy (non-hydrogen) atoms. The minimum atomic E-state index is -3.68. The van der Waals surface area contributed by atoms with E-state index < -0.39 is 32.6 Å². The summed E-state index contributed by atoms with van der Waals surface area (Å²) in [7, 11) is -3.68. The number of hydrogen-bond donors (Lipinski definition) is 1. The molecule has 0 aliphatic heterocycles. The largest absolute Gasteiger partial charge is 0.478 e. The van der Waals surface area contributed by atoms with E-state index in [0.29, 0.717) is 0 Å². The molecule has 0 radical (unpaired) electrons. The van der Waals surface area contributed by atoms with E-state index in [1.807, 2.05) is 0 Å². The summed E-state index contributed by atoms with van der Waals surface area (Å²) in [5.41, 5.74) is 0.134. The molecular weight excluding hydrogens is 256 g/mol. The molecule has 1 atom stereocenters. The van der Waals surface area contributed by atoms with Crippen molar-refractivity contribution in [2.24, 2.45) is 0 Å². The second kappa shape index (κ2) is 5.30. The normalized spacial score (nSPS) is 13.0. The van der Waals surface area contributed by atoms with Crippen molar-refractivity contribution in [1.82, 2.24) is 0 Å². The molecule has 0 fully saturated rings. The number of aromatic carboxylic acids is 1. The van der Waals surface area contributed by atoms with E-state index in [-0.39, 0.29) is 11.1 Å². The van der Waals surface area contributed by atoms with E-state index >= 15 is 0 Å². The molecule has 1 aromatic rings. The number of sulfone groups is 1. The Balaban J connectivity index is 3.13. The Morgan fingerprint density at radius 1 is 1.28 bits per heavy atom. The number of hydrogen-bond acceptors (Lipinski definition) is 4. The Labute approximate surface area is 105 Å². The highest BCUT2D eigenvalue weighted by Crippen LogP contribution is 2.16. The third-order valence-corrected chi connectivity index (χ3v) is 4.84. The van der Waals surface area contributed by atoms with Crippen molar-refractivity contribution < 1.29 is 23.1 Å². The molecule has 0 saturated carbocycles. The first-order chi connectivity index (χ1) is 8.25. The van der Waals surface area contributed by atoms with Gasteiger partial charge < -0.3 is 5.11 Å². The van der Waals surface area contributed by atoms with E-state index in [2.05, 4.69) is 0 Å². The quantitative estimate of drug-likeness (QED) is 0.870. The van der Waals surface area contributed by atoms with Crippen LogP contribution in [0.4, 0.5) is 0 Å². The molecular formula is C12H14O5S. The highest BCUT2D eigenvalue weighted by atomic mass is 32.2. The Kier molecular flexibility index (Phi) is 4.24. The summed E-state index contributed by atoms with van der Waals surface area (Å²) < 4.78 is 23.8. The van der Waals surface area contributed by atoms with Crippen molar-refractivity contribution in [2.45, 2.75) is 24.9 Å². The summed E-state index contributed by atoms with van der Waals surface area (Å²) in [5.74, 6) is -2.09. The number of carboxylic acid groups (broad SMARTS) is 1. The van der Waals surface area contributed by atoms with Crippen LogP contribution in [0.15, 0.2) is 24.3 Å². The zero-order valence-electron chi connectivity index (χ0n) is 10.1. The maximum Gasteiger partial charge on any atom is 0.335 e. The van der Waals surface area contributed by atoms with Crippen LogP contribution in [0.3, 0.4) is 0 Å². The van der Waals surface area contributed by atoms with Gasteiger partial charge in [-0.1, -0.05) is 18.2 Å². The number of carbonyl (C=O) groups is 2. The Morgan fingerprint density at radius 3 is 2.33 bits per heavy atom. The molecule has 6 heteroatoms. The third-order valence-electron chi connectivity index (χ3n) is 2.72. The van der Waals surface area contributed by atoms with Crippen molar-refractivity contribution in [3.8, 4) is 0 Å². The van der Waals surface area contributed by atoms with Crippen molar-refractivity contribution in [1.29, 1.82) is 0 Å². The van der Waals surface area contributed by atoms with Gasteiger partial charge in [0.05, 0.1) is 11.3 Å². The lowest BCUT2D eigenvalue weighted by Gasteiger charge is -2.11. The van der Waals surface area contributed by atoms with E-state index in [4.69, 9.17) is 5.11 Å². The molecule has 1 unspecified atom stereocenters. The first-order valence-electron chi connectivity index (χ1n) is 5.29. The Hall–Kier alpha value is -1.69. The van der Waals surface area contributed by atoms with E-state index in [1.165, 1.54) is 32.0 Å². The highest BCUT2D eigenvalue weighted by molar-refractivity contribution is 7.92. The predicted molar refractivity (Wildman–Crippen MR) is 66.2 cm³/mol. The summed E-state index contributed by atoms with van der Waals surface area (Å²) in [6.45, 7) is 2.51. The van der Waals surface area contributed by atoms with Crippen LogP contribution in [0.2, 0.25) is 0 Å². The van der Waals surface area contributed by atoms with Gasteiger partial charge in [0.2, 0.25) is 0 Å². The fourth-order valence-corrected chi connectivity index (χ4v) is 2.89. The lowest BCUT2D eigenvalue weighted by atomic mass is 10.1. The van der Waals surface area contributed by atoms with Gasteiger partial charge in [0.15, 0.2) is 9.84 Å². The number of Topliss-reactive ketones (excluding diaryl/α,β-unsaturated/α-hetero) is 1. The van der Waals surface area contributed by atoms with Crippen LogP contribution >= 0.6 is 0 Å². The molecule has 1 rings (SSSR count). The van der Waals surface area contributed by atoms with Crippen LogP contribution in [0.1, 0.15) is 29.8 Å². The van der Waals surface area contributed by atoms with Gasteiger partial charge in [-0.3, -0.25) is 4.79 Å². The number of ketones is 1. The monoisotopic (exact) mass is 270 g/mol. The Morgan fingerprint density at radius 2 is 1.83 bits per heavy atom. The van der Waals surface area contributed by atoms with Crippen LogP contribution in [0.25, 0.3) is 0 Å². The van der Waals surface area contributed by atoms with E-state index in [9.17, 15) is 18.0 Å². The molecule has 0 aliphatic rings. The van der Waals surface area contributed by atoms with Crippen molar-refractivity contribution in [3.05, 3.63) is 35.4 Å². The van der Waals surface area contributed by atoms with Crippen molar-refractivity contribution >= 4 is 21.6 Å². The number of rotatable bonds is 5. The first-order valence-corrected chi connectivity index (χ1v) is 7.00. The molecule has 0 amide bonds. The van der Waals surface area contributed by atoms with Gasteiger partial charge in [-0.2, -0.15) is 0 Å². The zero-order valence-corrected chi connectivity index (χ0v) is 10.9. The SMILES string of the molecule is CC(=O)C(C)S(=O)(=O)Cc1ccccc1C(=O)O. The number of carboxylic acids is 1. The van der Waals surface area contributed by atoms with Crippen molar-refractivity contribution in [2.75, 3.05) is 0 Å². The average Bonchev–Trinajstić information content (AvgIpc) is 2.27. The molecule has 5 nitrogen and oxygen atoms in total. The van der Waals surface area contributed by atoms with Crippen LogP contribution in [0, 0.1) is 0 Å². The van der Waals surface area contributed by atoms with Gasteiger partial charge in [-0.25, -0.2) is 13.2 Å². The van der Waals surface area contributed by atoms with Gasteiger partial charge in [-0.15, -0.1) is 0 Å². The van der Waals surface area contributed by atoms with Crippen LogP contribution in [-0.4, -0.2) is 30.5 Å². The smallest absolute Gasteiger partial charge is 0.335 e. The average molecular weight is 270 g/mol. The molecule has 0 saturated heterocycles. The van der Waals surface area contributed by atoms with Gasteiger partial charge >= 0.3 is 5.97 Å². The summed E-state index contributed by atoms with van der Waals surface area (Å²) in [4.78, 5) is 22.1. The first kappa shape index (κ1) is 14.4. The van der Waals surface area contributed by atoms with Crippen molar-refractivity contribution in [3.63, 3.8) is 0 Å². The Bertz CT molecular complexity index is 574. The highest BCUT2D eigenvalue weighted by Gasteiger charge is 2.26. The van der Waals surface area contributed by atoms with Crippen LogP contribution < -0.4 is 0 Å². The topological polar surface area (TPSA) is 88.5 Å².